The number of aromatic nitrogens is 1. The van der Waals surface area contributed by atoms with Gasteiger partial charge in [0.2, 0.25) is 11.6 Å². The number of rotatable bonds is 4. The molecule has 2 rings (SSSR count). The summed E-state index contributed by atoms with van der Waals surface area (Å²) in [5.74, 6) is -0.202. The van der Waals surface area contributed by atoms with Gasteiger partial charge in [0.1, 0.15) is 0 Å². The van der Waals surface area contributed by atoms with E-state index in [2.05, 4.69) is 4.98 Å². The van der Waals surface area contributed by atoms with Crippen molar-refractivity contribution in [2.45, 2.75) is 6.92 Å². The first-order chi connectivity index (χ1) is 9.49. The van der Waals surface area contributed by atoms with Gasteiger partial charge < -0.3 is 4.74 Å². The van der Waals surface area contributed by atoms with Crippen molar-refractivity contribution in [3.63, 3.8) is 0 Å². The molecule has 0 saturated carbocycles. The molecule has 0 aliphatic heterocycles. The Morgan fingerprint density at radius 3 is 2.80 bits per heavy atom. The van der Waals surface area contributed by atoms with Gasteiger partial charge in [0, 0.05) is 23.9 Å². The third-order valence-electron chi connectivity index (χ3n) is 2.49. The van der Waals surface area contributed by atoms with Crippen LogP contribution in [-0.2, 0) is 0 Å². The minimum atomic E-state index is -0.601. The lowest BCUT2D eigenvalue weighted by molar-refractivity contribution is -0.385. The third-order valence-corrected chi connectivity index (χ3v) is 2.79. The van der Waals surface area contributed by atoms with Gasteiger partial charge >= 0.3 is 5.69 Å². The van der Waals surface area contributed by atoms with Gasteiger partial charge in [-0.2, -0.15) is 0 Å². The predicted octanol–water partition coefficient (Wildman–Crippen LogP) is 3.64. The van der Waals surface area contributed by atoms with Gasteiger partial charge in [0.15, 0.2) is 5.78 Å². The van der Waals surface area contributed by atoms with Crippen molar-refractivity contribution in [1.82, 2.24) is 4.98 Å². The van der Waals surface area contributed by atoms with Crippen molar-refractivity contribution >= 4 is 23.1 Å². The third kappa shape index (κ3) is 2.92. The zero-order chi connectivity index (χ0) is 14.7. The normalized spacial score (nSPS) is 10.1. The molecule has 0 bridgehead atoms. The number of benzene rings is 1. The number of ether oxygens (including phenoxy) is 1. The van der Waals surface area contributed by atoms with E-state index in [1.807, 2.05) is 0 Å². The van der Waals surface area contributed by atoms with E-state index in [9.17, 15) is 14.9 Å². The quantitative estimate of drug-likeness (QED) is 0.488. The number of ketones is 1. The maximum atomic E-state index is 11.3. The van der Waals surface area contributed by atoms with Gasteiger partial charge in [0.25, 0.3) is 0 Å². The molecule has 20 heavy (non-hydrogen) atoms. The lowest BCUT2D eigenvalue weighted by Gasteiger charge is -2.07. The standard InChI is InChI=1S/C13H9ClN2O4/c1-8(17)9-5-6-15-12(7-9)20-13-10(14)3-2-4-11(13)16(18)19/h2-7H,1H3. The van der Waals surface area contributed by atoms with Crippen molar-refractivity contribution in [2.75, 3.05) is 0 Å². The second-order valence-corrected chi connectivity index (χ2v) is 4.29. The van der Waals surface area contributed by atoms with E-state index in [4.69, 9.17) is 16.3 Å². The topological polar surface area (TPSA) is 82.3 Å². The fourth-order valence-electron chi connectivity index (χ4n) is 1.53. The summed E-state index contributed by atoms with van der Waals surface area (Å²) >= 11 is 5.90. The SMILES string of the molecule is CC(=O)c1ccnc(Oc2c(Cl)cccc2[N+](=O)[O-])c1. The fourth-order valence-corrected chi connectivity index (χ4v) is 1.74. The van der Waals surface area contributed by atoms with Crippen LogP contribution in [0.3, 0.4) is 0 Å². The molecule has 0 spiro atoms. The number of pyridine rings is 1. The molecule has 0 N–H and O–H groups in total. The summed E-state index contributed by atoms with van der Waals surface area (Å²) in [6, 6.07) is 7.12. The van der Waals surface area contributed by atoms with Crippen molar-refractivity contribution in [3.8, 4) is 11.6 Å². The molecule has 1 heterocycles. The number of nitro groups is 1. The van der Waals surface area contributed by atoms with Crippen LogP contribution in [0.1, 0.15) is 17.3 Å². The highest BCUT2D eigenvalue weighted by atomic mass is 35.5. The van der Waals surface area contributed by atoms with E-state index in [1.54, 1.807) is 0 Å². The number of carbonyl (C=O) groups is 1. The van der Waals surface area contributed by atoms with E-state index in [-0.39, 0.29) is 28.1 Å². The summed E-state index contributed by atoms with van der Waals surface area (Å²) in [4.78, 5) is 25.5. The van der Waals surface area contributed by atoms with Crippen molar-refractivity contribution in [1.29, 1.82) is 0 Å². The molecule has 1 aromatic heterocycles. The molecule has 0 saturated heterocycles. The highest BCUT2D eigenvalue weighted by molar-refractivity contribution is 6.32. The van der Waals surface area contributed by atoms with Gasteiger partial charge in [-0.3, -0.25) is 14.9 Å². The van der Waals surface area contributed by atoms with Crippen molar-refractivity contribution < 1.29 is 14.5 Å². The Kier molecular flexibility index (Phi) is 3.95. The smallest absolute Gasteiger partial charge is 0.313 e. The maximum absolute atomic E-state index is 11.3. The van der Waals surface area contributed by atoms with Crippen LogP contribution in [0.15, 0.2) is 36.5 Å². The number of halogens is 1. The highest BCUT2D eigenvalue weighted by Gasteiger charge is 2.19. The molecule has 0 aliphatic carbocycles. The number of para-hydroxylation sites is 1. The Balaban J connectivity index is 2.42. The minimum Gasteiger partial charge on any atom is -0.430 e. The molecule has 0 fully saturated rings. The summed E-state index contributed by atoms with van der Waals surface area (Å²) in [7, 11) is 0. The molecule has 7 heteroatoms. The molecule has 0 aliphatic rings. The zero-order valence-electron chi connectivity index (χ0n) is 10.4. The number of Topliss-reactive ketones (excluding diaryl/α,β-unsaturated/α-hetero) is 1. The van der Waals surface area contributed by atoms with Crippen LogP contribution >= 0.6 is 11.6 Å². The van der Waals surface area contributed by atoms with E-state index < -0.39 is 4.92 Å². The molecule has 0 amide bonds. The molecular formula is C13H9ClN2O4. The fraction of sp³-hybridized carbons (Fsp3) is 0.0769. The number of nitro benzene ring substituents is 1. The summed E-state index contributed by atoms with van der Waals surface area (Å²) in [5, 5.41) is 11.0. The molecule has 0 unspecified atom stereocenters. The van der Waals surface area contributed by atoms with Crippen LogP contribution in [0.5, 0.6) is 11.6 Å². The number of carbonyl (C=O) groups excluding carboxylic acids is 1. The molecular weight excluding hydrogens is 284 g/mol. The van der Waals surface area contributed by atoms with E-state index in [1.165, 1.54) is 43.5 Å². The Hall–Kier alpha value is -2.47. The second kappa shape index (κ2) is 5.66. The Morgan fingerprint density at radius 2 is 2.15 bits per heavy atom. The lowest BCUT2D eigenvalue weighted by Crippen LogP contribution is -1.97. The van der Waals surface area contributed by atoms with Crippen LogP contribution in [-0.4, -0.2) is 15.7 Å². The average Bonchev–Trinajstić information content (AvgIpc) is 2.41. The lowest BCUT2D eigenvalue weighted by atomic mass is 10.2. The molecule has 2 aromatic rings. The van der Waals surface area contributed by atoms with Gasteiger partial charge in [-0.15, -0.1) is 0 Å². The van der Waals surface area contributed by atoms with E-state index >= 15 is 0 Å². The van der Waals surface area contributed by atoms with Gasteiger partial charge in [-0.1, -0.05) is 17.7 Å². The molecule has 0 radical (unpaired) electrons. The van der Waals surface area contributed by atoms with E-state index in [0.29, 0.717) is 5.56 Å². The Labute approximate surface area is 119 Å². The highest BCUT2D eigenvalue weighted by Crippen LogP contribution is 2.37. The second-order valence-electron chi connectivity index (χ2n) is 3.89. The van der Waals surface area contributed by atoms with Crippen LogP contribution < -0.4 is 4.74 Å². The molecule has 0 atom stereocenters. The van der Waals surface area contributed by atoms with Gasteiger partial charge in [0.05, 0.1) is 9.95 Å². The Bertz CT molecular complexity index is 688. The first-order valence-electron chi connectivity index (χ1n) is 5.57. The summed E-state index contributed by atoms with van der Waals surface area (Å²) in [6.45, 7) is 1.40. The minimum absolute atomic E-state index is 0.0638. The largest absolute Gasteiger partial charge is 0.430 e. The number of hydrogen-bond donors (Lipinski definition) is 0. The summed E-state index contributed by atoms with van der Waals surface area (Å²) in [6.07, 6.45) is 1.38. The Morgan fingerprint density at radius 1 is 1.40 bits per heavy atom. The predicted molar refractivity (Wildman–Crippen MR) is 72.4 cm³/mol. The zero-order valence-corrected chi connectivity index (χ0v) is 11.1. The molecule has 102 valence electrons. The van der Waals surface area contributed by atoms with Crippen LogP contribution in [0, 0.1) is 10.1 Å². The first kappa shape index (κ1) is 14.0. The maximum Gasteiger partial charge on any atom is 0.313 e. The molecule has 1 aromatic carbocycles. The molecule has 6 nitrogen and oxygen atoms in total. The summed E-state index contributed by atoms with van der Waals surface area (Å²) < 4.78 is 5.36. The van der Waals surface area contributed by atoms with Crippen LogP contribution in [0.4, 0.5) is 5.69 Å². The number of nitrogens with zero attached hydrogens (tertiary/aromatic N) is 2. The van der Waals surface area contributed by atoms with Gasteiger partial charge in [-0.25, -0.2) is 4.98 Å². The van der Waals surface area contributed by atoms with Crippen molar-refractivity contribution in [2.24, 2.45) is 0 Å². The van der Waals surface area contributed by atoms with Crippen LogP contribution in [0.2, 0.25) is 5.02 Å². The number of hydrogen-bond acceptors (Lipinski definition) is 5. The van der Waals surface area contributed by atoms with Gasteiger partial charge in [-0.05, 0) is 19.1 Å². The monoisotopic (exact) mass is 292 g/mol. The average molecular weight is 293 g/mol. The van der Waals surface area contributed by atoms with Crippen molar-refractivity contribution in [3.05, 3.63) is 57.2 Å². The first-order valence-corrected chi connectivity index (χ1v) is 5.94. The summed E-state index contributed by atoms with van der Waals surface area (Å²) in [5.41, 5.74) is 0.122. The van der Waals surface area contributed by atoms with E-state index in [0.717, 1.165) is 0 Å². The van der Waals surface area contributed by atoms with Crippen LogP contribution in [0.25, 0.3) is 0 Å².